The Bertz CT molecular complexity index is 1400. The van der Waals surface area contributed by atoms with E-state index in [4.69, 9.17) is 28.9 Å². The van der Waals surface area contributed by atoms with Gasteiger partial charge in [-0.2, -0.15) is 0 Å². The van der Waals surface area contributed by atoms with Gasteiger partial charge in [0.25, 0.3) is 11.5 Å². The SMILES string of the molecule is CCN1/C(=C/C=c2/s/c(=C3\SC(=S)N(CC(=O)O)C3=O)n(CC)c2=O)Sc2ccc(Cl)cc21. The van der Waals surface area contributed by atoms with Gasteiger partial charge in [-0.3, -0.25) is 23.9 Å². The van der Waals surface area contributed by atoms with Crippen molar-refractivity contribution in [2.45, 2.75) is 25.3 Å². The van der Waals surface area contributed by atoms with Crippen LogP contribution in [-0.2, 0) is 16.1 Å². The molecule has 2 aliphatic heterocycles. The average Bonchev–Trinajstić information content (AvgIpc) is 3.37. The van der Waals surface area contributed by atoms with Crippen LogP contribution in [-0.4, -0.2) is 43.9 Å². The predicted molar refractivity (Wildman–Crippen MR) is 139 cm³/mol. The van der Waals surface area contributed by atoms with E-state index in [1.54, 1.807) is 17.8 Å². The molecule has 1 N–H and O–H groups in total. The number of aromatic nitrogens is 1. The van der Waals surface area contributed by atoms with E-state index in [0.29, 0.717) is 20.8 Å². The Labute approximate surface area is 212 Å². The zero-order chi connectivity index (χ0) is 23.9. The molecule has 2 aliphatic rings. The monoisotopic (exact) mass is 539 g/mol. The van der Waals surface area contributed by atoms with E-state index in [1.807, 2.05) is 38.1 Å². The van der Waals surface area contributed by atoms with Gasteiger partial charge in [0, 0.05) is 23.0 Å². The standard InChI is InChI=1S/C21H18ClN3O4S4/c1-3-23-12-9-11(22)5-6-13(12)31-15(23)8-7-14-18(28)24(4-2)20(32-14)17-19(29)25(10-16(26)27)21(30)33-17/h5-9H,3-4,10H2,1-2H3,(H,26,27)/b14-7+,15-8-,20-17-. The first-order valence-electron chi connectivity index (χ1n) is 9.91. The number of aliphatic carboxylic acids is 1. The highest BCUT2D eigenvalue weighted by Gasteiger charge is 2.35. The van der Waals surface area contributed by atoms with Crippen LogP contribution in [0.3, 0.4) is 0 Å². The molecule has 0 radical (unpaired) electrons. The van der Waals surface area contributed by atoms with Crippen molar-refractivity contribution < 1.29 is 14.7 Å². The molecule has 1 saturated heterocycles. The van der Waals surface area contributed by atoms with Crippen molar-refractivity contribution in [3.63, 3.8) is 0 Å². The minimum absolute atomic E-state index is 0.172. The van der Waals surface area contributed by atoms with Crippen LogP contribution in [0.2, 0.25) is 5.02 Å². The van der Waals surface area contributed by atoms with E-state index in [2.05, 4.69) is 4.90 Å². The van der Waals surface area contributed by atoms with Gasteiger partial charge in [-0.1, -0.05) is 47.3 Å². The highest BCUT2D eigenvalue weighted by Crippen LogP contribution is 2.46. The Balaban J connectivity index is 1.78. The number of thiazole rings is 1. The molecular weight excluding hydrogens is 522 g/mol. The summed E-state index contributed by atoms with van der Waals surface area (Å²) >= 11 is 15.2. The quantitative estimate of drug-likeness (QED) is 0.581. The molecule has 1 fully saturated rings. The molecule has 7 nitrogen and oxygen atoms in total. The van der Waals surface area contributed by atoms with Crippen molar-refractivity contribution in [1.82, 2.24) is 9.47 Å². The first kappa shape index (κ1) is 24.1. The number of carboxylic acid groups (broad SMARTS) is 1. The van der Waals surface area contributed by atoms with Crippen LogP contribution in [0.5, 0.6) is 0 Å². The number of carbonyl (C=O) groups is 2. The van der Waals surface area contributed by atoms with Crippen LogP contribution in [0.1, 0.15) is 13.8 Å². The molecule has 0 unspecified atom stereocenters. The third kappa shape index (κ3) is 4.52. The number of rotatable bonds is 5. The van der Waals surface area contributed by atoms with Crippen LogP contribution >= 0.6 is 58.7 Å². The molecule has 12 heteroatoms. The summed E-state index contributed by atoms with van der Waals surface area (Å²) in [6, 6.07) is 5.75. The molecule has 0 saturated carbocycles. The summed E-state index contributed by atoms with van der Waals surface area (Å²) in [6.45, 7) is 4.48. The molecule has 0 aliphatic carbocycles. The van der Waals surface area contributed by atoms with Crippen molar-refractivity contribution in [1.29, 1.82) is 0 Å². The lowest BCUT2D eigenvalue weighted by atomic mass is 10.3. The Morgan fingerprint density at radius 3 is 2.58 bits per heavy atom. The summed E-state index contributed by atoms with van der Waals surface area (Å²) in [5.74, 6) is -1.64. The van der Waals surface area contributed by atoms with E-state index >= 15 is 0 Å². The van der Waals surface area contributed by atoms with Gasteiger partial charge >= 0.3 is 5.97 Å². The number of carboxylic acids is 1. The van der Waals surface area contributed by atoms with E-state index in [0.717, 1.165) is 38.8 Å². The second-order valence-corrected chi connectivity index (χ2v) is 11.1. The minimum atomic E-state index is -1.15. The van der Waals surface area contributed by atoms with Gasteiger partial charge < -0.3 is 10.0 Å². The number of carbonyl (C=O) groups excluding carboxylic acids is 1. The maximum absolute atomic E-state index is 13.0. The summed E-state index contributed by atoms with van der Waals surface area (Å²) in [4.78, 5) is 41.5. The van der Waals surface area contributed by atoms with Gasteiger partial charge in [0.1, 0.15) is 20.4 Å². The van der Waals surface area contributed by atoms with Crippen molar-refractivity contribution in [2.24, 2.45) is 0 Å². The summed E-state index contributed by atoms with van der Waals surface area (Å²) in [5, 5.41) is 10.7. The fraction of sp³-hybridized carbons (Fsp3) is 0.238. The van der Waals surface area contributed by atoms with Crippen molar-refractivity contribution in [2.75, 3.05) is 18.0 Å². The lowest BCUT2D eigenvalue weighted by molar-refractivity contribution is -0.140. The topological polar surface area (TPSA) is 82.8 Å². The number of thiocarbonyl (C=S) groups is 1. The van der Waals surface area contributed by atoms with Gasteiger partial charge in [-0.15, -0.1) is 11.3 Å². The highest BCUT2D eigenvalue weighted by molar-refractivity contribution is 8.30. The fourth-order valence-corrected chi connectivity index (χ4v) is 7.25. The Morgan fingerprint density at radius 2 is 1.91 bits per heavy atom. The van der Waals surface area contributed by atoms with Crippen LogP contribution < -0.4 is 19.7 Å². The third-order valence-electron chi connectivity index (χ3n) is 4.95. The molecule has 0 spiro atoms. The molecular formula is C21H18ClN3O4S4. The van der Waals surface area contributed by atoms with Crippen molar-refractivity contribution >= 4 is 91.5 Å². The number of thioether (sulfide) groups is 2. The summed E-state index contributed by atoms with van der Waals surface area (Å²) < 4.78 is 2.66. The number of halogens is 1. The number of nitrogens with zero attached hydrogens (tertiary/aromatic N) is 3. The lowest BCUT2D eigenvalue weighted by Crippen LogP contribution is -2.35. The van der Waals surface area contributed by atoms with Crippen LogP contribution in [0, 0.1) is 0 Å². The normalized spacial score (nSPS) is 19.2. The molecule has 1 aromatic carbocycles. The maximum Gasteiger partial charge on any atom is 0.323 e. The molecule has 33 heavy (non-hydrogen) atoms. The number of hydrogen-bond donors (Lipinski definition) is 1. The van der Waals surface area contributed by atoms with Gasteiger partial charge in [0.2, 0.25) is 0 Å². The largest absolute Gasteiger partial charge is 0.480 e. The highest BCUT2D eigenvalue weighted by atomic mass is 35.5. The zero-order valence-electron chi connectivity index (χ0n) is 17.5. The Hall–Kier alpha value is -2.05. The molecule has 172 valence electrons. The molecule has 3 heterocycles. The average molecular weight is 540 g/mol. The number of amides is 1. The van der Waals surface area contributed by atoms with Gasteiger partial charge in [0.15, 0.2) is 0 Å². The third-order valence-corrected chi connectivity index (χ3v) is 9.03. The second-order valence-electron chi connectivity index (χ2n) is 6.93. The summed E-state index contributed by atoms with van der Waals surface area (Å²) in [5.41, 5.74) is 0.826. The number of anilines is 1. The number of benzene rings is 1. The second kappa shape index (κ2) is 9.67. The van der Waals surface area contributed by atoms with Crippen LogP contribution in [0.4, 0.5) is 5.69 Å². The first-order valence-corrected chi connectivity index (χ1v) is 13.1. The smallest absolute Gasteiger partial charge is 0.323 e. The van der Waals surface area contributed by atoms with Crippen LogP contribution in [0.25, 0.3) is 11.0 Å². The summed E-state index contributed by atoms with van der Waals surface area (Å²) in [7, 11) is 0. The molecule has 2 aromatic rings. The molecule has 1 amide bonds. The van der Waals surface area contributed by atoms with Crippen molar-refractivity contribution in [3.8, 4) is 0 Å². The Kier molecular flexibility index (Phi) is 7.06. The molecule has 0 bridgehead atoms. The zero-order valence-corrected chi connectivity index (χ0v) is 21.6. The van der Waals surface area contributed by atoms with Gasteiger partial charge in [0.05, 0.1) is 15.2 Å². The Morgan fingerprint density at radius 1 is 1.15 bits per heavy atom. The van der Waals surface area contributed by atoms with E-state index in [1.165, 1.54) is 15.9 Å². The fourth-order valence-electron chi connectivity index (χ4n) is 3.46. The molecule has 1 aromatic heterocycles. The molecule has 0 atom stereocenters. The number of allylic oxidation sites excluding steroid dienone is 1. The van der Waals surface area contributed by atoms with Gasteiger partial charge in [-0.25, -0.2) is 0 Å². The van der Waals surface area contributed by atoms with Crippen LogP contribution in [0.15, 0.2) is 39.0 Å². The number of fused-ring (bicyclic) bond motifs is 1. The first-order chi connectivity index (χ1) is 15.7. The maximum atomic E-state index is 13.0. The minimum Gasteiger partial charge on any atom is -0.480 e. The molecule has 4 rings (SSSR count). The number of hydrogen-bond acceptors (Lipinski definition) is 8. The van der Waals surface area contributed by atoms with E-state index < -0.39 is 18.4 Å². The van der Waals surface area contributed by atoms with Gasteiger partial charge in [-0.05, 0) is 44.2 Å². The van der Waals surface area contributed by atoms with E-state index in [-0.39, 0.29) is 14.8 Å². The predicted octanol–water partition coefficient (Wildman–Crippen LogP) is 2.89. The lowest BCUT2D eigenvalue weighted by Gasteiger charge is -2.17. The van der Waals surface area contributed by atoms with Crippen molar-refractivity contribution in [3.05, 3.63) is 53.9 Å². The van der Waals surface area contributed by atoms with E-state index in [9.17, 15) is 14.4 Å². The summed E-state index contributed by atoms with van der Waals surface area (Å²) in [6.07, 6.45) is 3.66.